The third-order valence-electron chi connectivity index (χ3n) is 3.33. The highest BCUT2D eigenvalue weighted by Crippen LogP contribution is 2.04. The fourth-order valence-electron chi connectivity index (χ4n) is 2.07. The minimum atomic E-state index is -0.353. The molecule has 24 heavy (non-hydrogen) atoms. The zero-order valence-corrected chi connectivity index (χ0v) is 13.9. The minimum absolute atomic E-state index is 0.197. The van der Waals surface area contributed by atoms with Crippen LogP contribution in [0.15, 0.2) is 41.1 Å². The second kappa shape index (κ2) is 8.83. The summed E-state index contributed by atoms with van der Waals surface area (Å²) < 4.78 is 5.15. The molecule has 0 spiro atoms. The van der Waals surface area contributed by atoms with Crippen LogP contribution in [0.5, 0.6) is 0 Å². The van der Waals surface area contributed by atoms with Crippen LogP contribution in [0, 0.1) is 0 Å². The molecular formula is C17H22N4O3. The highest BCUT2D eigenvalue weighted by molar-refractivity contribution is 5.98. The van der Waals surface area contributed by atoms with Crippen molar-refractivity contribution in [3.63, 3.8) is 0 Å². The second-order valence-corrected chi connectivity index (χ2v) is 5.60. The van der Waals surface area contributed by atoms with E-state index in [4.69, 9.17) is 4.42 Å². The average Bonchev–Trinajstić information content (AvgIpc) is 3.10. The van der Waals surface area contributed by atoms with Crippen LogP contribution in [0.3, 0.4) is 0 Å². The summed E-state index contributed by atoms with van der Waals surface area (Å²) in [6.45, 7) is 1.75. The lowest BCUT2D eigenvalue weighted by atomic mass is 10.2. The van der Waals surface area contributed by atoms with E-state index < -0.39 is 0 Å². The maximum absolute atomic E-state index is 12.1. The Labute approximate surface area is 141 Å². The van der Waals surface area contributed by atoms with Crippen molar-refractivity contribution < 1.29 is 14.0 Å². The standard InChI is InChI=1S/C17H22N4O3/c1-21(2)9-4-7-19-16(22)13-6-8-18-15(11-13)17(23)20-12-14-5-3-10-24-14/h3,5-6,8,10-11H,4,7,9,12H2,1-2H3,(H,19,22)(H,20,23). The van der Waals surface area contributed by atoms with Gasteiger partial charge in [0.15, 0.2) is 0 Å². The molecule has 0 aliphatic carbocycles. The van der Waals surface area contributed by atoms with Crippen LogP contribution < -0.4 is 10.6 Å². The predicted molar refractivity (Wildman–Crippen MR) is 89.6 cm³/mol. The number of carbonyl (C=O) groups excluding carboxylic acids is 2. The van der Waals surface area contributed by atoms with Gasteiger partial charge in [-0.05, 0) is 51.3 Å². The Morgan fingerprint density at radius 2 is 2.04 bits per heavy atom. The van der Waals surface area contributed by atoms with Crippen LogP contribution in [0.1, 0.15) is 33.0 Å². The van der Waals surface area contributed by atoms with Gasteiger partial charge < -0.3 is 20.0 Å². The highest BCUT2D eigenvalue weighted by Gasteiger charge is 2.12. The van der Waals surface area contributed by atoms with Crippen molar-refractivity contribution in [1.29, 1.82) is 0 Å². The monoisotopic (exact) mass is 330 g/mol. The summed E-state index contributed by atoms with van der Waals surface area (Å²) in [6, 6.07) is 6.59. The van der Waals surface area contributed by atoms with Gasteiger partial charge in [-0.3, -0.25) is 14.6 Å². The smallest absolute Gasteiger partial charge is 0.270 e. The number of nitrogens with zero attached hydrogens (tertiary/aromatic N) is 2. The summed E-state index contributed by atoms with van der Waals surface area (Å²) >= 11 is 0. The Kier molecular flexibility index (Phi) is 6.51. The van der Waals surface area contributed by atoms with E-state index in [2.05, 4.69) is 20.5 Å². The van der Waals surface area contributed by atoms with Crippen molar-refractivity contribution in [1.82, 2.24) is 20.5 Å². The van der Waals surface area contributed by atoms with E-state index in [1.807, 2.05) is 14.1 Å². The van der Waals surface area contributed by atoms with Crippen molar-refractivity contribution in [2.45, 2.75) is 13.0 Å². The lowest BCUT2D eigenvalue weighted by Crippen LogP contribution is -2.28. The van der Waals surface area contributed by atoms with Crippen molar-refractivity contribution in [3.8, 4) is 0 Å². The maximum atomic E-state index is 12.1. The quantitative estimate of drug-likeness (QED) is 0.712. The van der Waals surface area contributed by atoms with E-state index >= 15 is 0 Å². The summed E-state index contributed by atoms with van der Waals surface area (Å²) in [6.07, 6.45) is 3.86. The first-order valence-electron chi connectivity index (χ1n) is 7.76. The molecule has 2 aromatic heterocycles. The zero-order chi connectivity index (χ0) is 17.4. The van der Waals surface area contributed by atoms with Crippen LogP contribution in [-0.2, 0) is 6.54 Å². The molecule has 0 aromatic carbocycles. The predicted octanol–water partition coefficient (Wildman–Crippen LogP) is 1.29. The van der Waals surface area contributed by atoms with E-state index in [0.29, 0.717) is 17.9 Å². The van der Waals surface area contributed by atoms with Crippen LogP contribution in [0.2, 0.25) is 0 Å². The summed E-state index contributed by atoms with van der Waals surface area (Å²) in [5, 5.41) is 5.53. The first-order chi connectivity index (χ1) is 11.6. The SMILES string of the molecule is CN(C)CCCNC(=O)c1ccnc(C(=O)NCc2ccco2)c1. The van der Waals surface area contributed by atoms with Crippen LogP contribution in [0.4, 0.5) is 0 Å². The zero-order valence-electron chi connectivity index (χ0n) is 13.9. The topological polar surface area (TPSA) is 87.5 Å². The molecule has 7 heteroatoms. The van der Waals surface area contributed by atoms with Gasteiger partial charge >= 0.3 is 0 Å². The number of aromatic nitrogens is 1. The molecule has 0 unspecified atom stereocenters. The average molecular weight is 330 g/mol. The number of furan rings is 1. The molecular weight excluding hydrogens is 308 g/mol. The Morgan fingerprint density at radius 1 is 1.21 bits per heavy atom. The van der Waals surface area contributed by atoms with Gasteiger partial charge in [0, 0.05) is 18.3 Å². The molecule has 0 aliphatic heterocycles. The molecule has 0 aliphatic rings. The lowest BCUT2D eigenvalue weighted by Gasteiger charge is -2.10. The lowest BCUT2D eigenvalue weighted by molar-refractivity contribution is 0.0943. The molecule has 0 saturated carbocycles. The third kappa shape index (κ3) is 5.51. The molecule has 2 rings (SSSR count). The molecule has 0 atom stereocenters. The molecule has 128 valence electrons. The Balaban J connectivity index is 1.87. The first kappa shape index (κ1) is 17.7. The molecule has 2 heterocycles. The minimum Gasteiger partial charge on any atom is -0.467 e. The Bertz CT molecular complexity index is 668. The van der Waals surface area contributed by atoms with Crippen LogP contribution in [0.25, 0.3) is 0 Å². The van der Waals surface area contributed by atoms with Crippen LogP contribution >= 0.6 is 0 Å². The molecule has 2 N–H and O–H groups in total. The van der Waals surface area contributed by atoms with Gasteiger partial charge in [0.05, 0.1) is 12.8 Å². The fraction of sp³-hybridized carbons (Fsp3) is 0.353. The highest BCUT2D eigenvalue weighted by atomic mass is 16.3. The number of amides is 2. The largest absolute Gasteiger partial charge is 0.467 e. The van der Waals surface area contributed by atoms with Crippen molar-refractivity contribution in [3.05, 3.63) is 53.7 Å². The summed E-state index contributed by atoms with van der Waals surface area (Å²) in [7, 11) is 3.97. The normalized spacial score (nSPS) is 10.6. The number of hydrogen-bond donors (Lipinski definition) is 2. The fourth-order valence-corrected chi connectivity index (χ4v) is 2.07. The van der Waals surface area contributed by atoms with E-state index in [-0.39, 0.29) is 24.1 Å². The molecule has 0 bridgehead atoms. The van der Waals surface area contributed by atoms with E-state index in [0.717, 1.165) is 13.0 Å². The van der Waals surface area contributed by atoms with Gasteiger partial charge in [-0.2, -0.15) is 0 Å². The molecule has 2 aromatic rings. The number of pyridine rings is 1. The van der Waals surface area contributed by atoms with Gasteiger partial charge in [-0.15, -0.1) is 0 Å². The van der Waals surface area contributed by atoms with Crippen molar-refractivity contribution in [2.24, 2.45) is 0 Å². The van der Waals surface area contributed by atoms with E-state index in [1.54, 1.807) is 24.5 Å². The van der Waals surface area contributed by atoms with Gasteiger partial charge in [0.25, 0.3) is 11.8 Å². The molecule has 0 radical (unpaired) electrons. The van der Waals surface area contributed by atoms with E-state index in [9.17, 15) is 9.59 Å². The van der Waals surface area contributed by atoms with Crippen LogP contribution in [-0.4, -0.2) is 48.9 Å². The Morgan fingerprint density at radius 3 is 2.75 bits per heavy atom. The van der Waals surface area contributed by atoms with Gasteiger partial charge in [0.2, 0.25) is 0 Å². The molecule has 7 nitrogen and oxygen atoms in total. The van der Waals surface area contributed by atoms with Gasteiger partial charge in [0.1, 0.15) is 11.5 Å². The summed E-state index contributed by atoms with van der Waals surface area (Å²) in [4.78, 5) is 30.3. The molecule has 0 saturated heterocycles. The Hall–Kier alpha value is -2.67. The van der Waals surface area contributed by atoms with Crippen molar-refractivity contribution >= 4 is 11.8 Å². The van der Waals surface area contributed by atoms with E-state index in [1.165, 1.54) is 12.3 Å². The van der Waals surface area contributed by atoms with Gasteiger partial charge in [-0.25, -0.2) is 0 Å². The molecule has 0 fully saturated rings. The maximum Gasteiger partial charge on any atom is 0.270 e. The first-order valence-corrected chi connectivity index (χ1v) is 7.76. The molecule has 2 amide bonds. The van der Waals surface area contributed by atoms with Gasteiger partial charge in [-0.1, -0.05) is 0 Å². The number of nitrogens with one attached hydrogen (secondary N) is 2. The third-order valence-corrected chi connectivity index (χ3v) is 3.33. The summed E-state index contributed by atoms with van der Waals surface area (Å²) in [5.41, 5.74) is 0.612. The number of rotatable bonds is 8. The van der Waals surface area contributed by atoms with Crippen molar-refractivity contribution in [2.75, 3.05) is 27.2 Å². The number of hydrogen-bond acceptors (Lipinski definition) is 5. The summed E-state index contributed by atoms with van der Waals surface area (Å²) in [5.74, 6) is 0.0861. The second-order valence-electron chi connectivity index (χ2n) is 5.60. The number of carbonyl (C=O) groups is 2.